The molecule has 0 aliphatic rings. The maximum Gasteiger partial charge on any atom is 0.134 e. The summed E-state index contributed by atoms with van der Waals surface area (Å²) in [7, 11) is 0. The van der Waals surface area contributed by atoms with Gasteiger partial charge in [0.25, 0.3) is 0 Å². The lowest BCUT2D eigenvalue weighted by molar-refractivity contribution is 0.303. The second kappa shape index (κ2) is 6.55. The van der Waals surface area contributed by atoms with Gasteiger partial charge in [-0.15, -0.1) is 11.6 Å². The molecule has 1 heterocycles. The van der Waals surface area contributed by atoms with Gasteiger partial charge in [-0.05, 0) is 55.6 Å². The molecule has 0 unspecified atom stereocenters. The normalized spacial score (nSPS) is 10.4. The van der Waals surface area contributed by atoms with Crippen LogP contribution in [0.4, 0.5) is 0 Å². The second-order valence-electron chi connectivity index (χ2n) is 3.70. The molecule has 94 valence electrons. The second-order valence-corrected chi connectivity index (χ2v) is 5.74. The van der Waals surface area contributed by atoms with Crippen molar-refractivity contribution in [1.82, 2.24) is 4.98 Å². The van der Waals surface area contributed by atoms with E-state index in [-0.39, 0.29) is 0 Å². The average Bonchev–Trinajstić information content (AvgIpc) is 2.37. The zero-order valence-corrected chi connectivity index (χ0v) is 13.3. The molecule has 0 saturated carbocycles. The van der Waals surface area contributed by atoms with E-state index < -0.39 is 0 Å². The minimum Gasteiger partial charge on any atom is -0.488 e. The molecule has 0 radical (unpaired) electrons. The Morgan fingerprint density at radius 2 is 1.94 bits per heavy atom. The molecular formula is C13H10Br2ClNO. The van der Waals surface area contributed by atoms with Crippen LogP contribution in [0.3, 0.4) is 0 Å². The minimum absolute atomic E-state index is 0.477. The fourth-order valence-electron chi connectivity index (χ4n) is 1.44. The Labute approximate surface area is 128 Å². The first-order chi connectivity index (χ1) is 8.69. The highest BCUT2D eigenvalue weighted by Gasteiger charge is 2.03. The molecule has 18 heavy (non-hydrogen) atoms. The summed E-state index contributed by atoms with van der Waals surface area (Å²) in [5.74, 6) is 1.29. The fourth-order valence-corrected chi connectivity index (χ4v) is 2.56. The van der Waals surface area contributed by atoms with Crippen molar-refractivity contribution in [3.8, 4) is 5.75 Å². The van der Waals surface area contributed by atoms with Gasteiger partial charge in [0.15, 0.2) is 0 Å². The van der Waals surface area contributed by atoms with Gasteiger partial charge >= 0.3 is 0 Å². The monoisotopic (exact) mass is 389 g/mol. The van der Waals surface area contributed by atoms with Gasteiger partial charge in [0.05, 0.1) is 4.47 Å². The summed E-state index contributed by atoms with van der Waals surface area (Å²) in [5.41, 5.74) is 2.07. The largest absolute Gasteiger partial charge is 0.488 e. The lowest BCUT2D eigenvalue weighted by atomic mass is 10.2. The molecule has 5 heteroatoms. The highest BCUT2D eigenvalue weighted by atomic mass is 79.9. The molecule has 0 N–H and O–H groups in total. The third-order valence-corrected chi connectivity index (χ3v) is 3.67. The van der Waals surface area contributed by atoms with Gasteiger partial charge < -0.3 is 4.74 Å². The maximum atomic E-state index is 5.77. The number of halogens is 3. The molecule has 1 aromatic carbocycles. The Morgan fingerprint density at radius 1 is 1.11 bits per heavy atom. The van der Waals surface area contributed by atoms with Crippen molar-refractivity contribution in [1.29, 1.82) is 0 Å². The van der Waals surface area contributed by atoms with Crippen LogP contribution in [0.25, 0.3) is 0 Å². The van der Waals surface area contributed by atoms with E-state index in [1.54, 1.807) is 12.4 Å². The number of pyridine rings is 1. The fraction of sp³-hybridized carbons (Fsp3) is 0.154. The van der Waals surface area contributed by atoms with Crippen LogP contribution in [0.1, 0.15) is 11.1 Å². The average molecular weight is 391 g/mol. The Hall–Kier alpha value is -0.580. The standard InChI is InChI=1S/C13H10Br2ClNO/c14-11-3-10(6-17-7-11)8-18-13-2-1-9(5-16)4-12(13)15/h1-4,6-7H,5,8H2. The predicted molar refractivity (Wildman–Crippen MR) is 80.0 cm³/mol. The molecule has 2 rings (SSSR count). The quantitative estimate of drug-likeness (QED) is 0.690. The maximum absolute atomic E-state index is 5.77. The molecule has 0 atom stereocenters. The molecular weight excluding hydrogens is 381 g/mol. The van der Waals surface area contributed by atoms with Crippen LogP contribution in [-0.4, -0.2) is 4.98 Å². The van der Waals surface area contributed by atoms with E-state index in [4.69, 9.17) is 16.3 Å². The van der Waals surface area contributed by atoms with Crippen molar-refractivity contribution in [2.45, 2.75) is 12.5 Å². The Kier molecular flexibility index (Phi) is 5.03. The summed E-state index contributed by atoms with van der Waals surface area (Å²) >= 11 is 12.6. The van der Waals surface area contributed by atoms with Gasteiger partial charge in [0.1, 0.15) is 12.4 Å². The van der Waals surface area contributed by atoms with Gasteiger partial charge in [-0.3, -0.25) is 4.98 Å². The highest BCUT2D eigenvalue weighted by molar-refractivity contribution is 9.10. The van der Waals surface area contributed by atoms with Crippen molar-refractivity contribution in [3.05, 3.63) is 56.7 Å². The molecule has 0 amide bonds. The number of rotatable bonds is 4. The van der Waals surface area contributed by atoms with E-state index in [0.29, 0.717) is 12.5 Å². The zero-order valence-electron chi connectivity index (χ0n) is 9.37. The lowest BCUT2D eigenvalue weighted by Gasteiger charge is -2.09. The number of alkyl halides is 1. The number of nitrogens with zero attached hydrogens (tertiary/aromatic N) is 1. The van der Waals surface area contributed by atoms with E-state index in [0.717, 1.165) is 25.8 Å². The number of benzene rings is 1. The minimum atomic E-state index is 0.477. The van der Waals surface area contributed by atoms with Crippen molar-refractivity contribution >= 4 is 43.5 Å². The first kappa shape index (κ1) is 13.8. The van der Waals surface area contributed by atoms with Crippen LogP contribution < -0.4 is 4.74 Å². The molecule has 0 fully saturated rings. The summed E-state index contributed by atoms with van der Waals surface area (Å²) in [6, 6.07) is 7.80. The van der Waals surface area contributed by atoms with Crippen molar-refractivity contribution in [2.75, 3.05) is 0 Å². The highest BCUT2D eigenvalue weighted by Crippen LogP contribution is 2.27. The van der Waals surface area contributed by atoms with E-state index in [2.05, 4.69) is 36.8 Å². The molecule has 0 spiro atoms. The van der Waals surface area contributed by atoms with Crippen molar-refractivity contribution < 1.29 is 4.74 Å². The van der Waals surface area contributed by atoms with Crippen LogP contribution in [0, 0.1) is 0 Å². The van der Waals surface area contributed by atoms with E-state index in [9.17, 15) is 0 Å². The molecule has 2 aromatic rings. The lowest BCUT2D eigenvalue weighted by Crippen LogP contribution is -1.97. The summed E-state index contributed by atoms with van der Waals surface area (Å²) in [6.07, 6.45) is 3.53. The van der Waals surface area contributed by atoms with Crippen molar-refractivity contribution in [3.63, 3.8) is 0 Å². The third-order valence-electron chi connectivity index (χ3n) is 2.31. The third kappa shape index (κ3) is 3.70. The SMILES string of the molecule is ClCc1ccc(OCc2cncc(Br)c2)c(Br)c1. The summed E-state index contributed by atoms with van der Waals surface area (Å²) in [6.45, 7) is 0.477. The van der Waals surface area contributed by atoms with Gasteiger partial charge in [0.2, 0.25) is 0 Å². The molecule has 2 nitrogen and oxygen atoms in total. The number of hydrogen-bond acceptors (Lipinski definition) is 2. The Balaban J connectivity index is 2.06. The van der Waals surface area contributed by atoms with E-state index >= 15 is 0 Å². The molecule has 1 aromatic heterocycles. The smallest absolute Gasteiger partial charge is 0.134 e. The number of aromatic nitrogens is 1. The Morgan fingerprint density at radius 3 is 2.61 bits per heavy atom. The first-order valence-corrected chi connectivity index (χ1v) is 7.37. The van der Waals surface area contributed by atoms with Gasteiger partial charge in [-0.1, -0.05) is 6.07 Å². The summed E-state index contributed by atoms with van der Waals surface area (Å²) < 4.78 is 7.58. The van der Waals surface area contributed by atoms with E-state index in [1.165, 1.54) is 0 Å². The van der Waals surface area contributed by atoms with Gasteiger partial charge in [0, 0.05) is 28.3 Å². The Bertz CT molecular complexity index is 548. The summed E-state index contributed by atoms with van der Waals surface area (Å²) in [5, 5.41) is 0. The molecule has 0 aliphatic carbocycles. The number of ether oxygens (including phenoxy) is 1. The van der Waals surface area contributed by atoms with Crippen LogP contribution in [-0.2, 0) is 12.5 Å². The van der Waals surface area contributed by atoms with Crippen molar-refractivity contribution in [2.24, 2.45) is 0 Å². The topological polar surface area (TPSA) is 22.1 Å². The zero-order chi connectivity index (χ0) is 13.0. The van der Waals surface area contributed by atoms with Crippen LogP contribution in [0.5, 0.6) is 5.75 Å². The van der Waals surface area contributed by atoms with Gasteiger partial charge in [-0.25, -0.2) is 0 Å². The summed E-state index contributed by atoms with van der Waals surface area (Å²) in [4.78, 5) is 4.09. The number of hydrogen-bond donors (Lipinski definition) is 0. The molecule has 0 bridgehead atoms. The van der Waals surface area contributed by atoms with Crippen LogP contribution >= 0.6 is 43.5 Å². The van der Waals surface area contributed by atoms with E-state index in [1.807, 2.05) is 24.3 Å². The predicted octanol–water partition coefficient (Wildman–Crippen LogP) is 4.92. The first-order valence-electron chi connectivity index (χ1n) is 5.25. The molecule has 0 saturated heterocycles. The van der Waals surface area contributed by atoms with Crippen LogP contribution in [0.15, 0.2) is 45.6 Å². The van der Waals surface area contributed by atoms with Crippen LogP contribution in [0.2, 0.25) is 0 Å². The van der Waals surface area contributed by atoms with Gasteiger partial charge in [-0.2, -0.15) is 0 Å². The molecule has 0 aliphatic heterocycles.